The van der Waals surface area contributed by atoms with Crippen LogP contribution in [0.2, 0.25) is 0 Å². The largest absolute Gasteiger partial charge is 0.496 e. The summed E-state index contributed by atoms with van der Waals surface area (Å²) < 4.78 is 6.40. The maximum Gasteiger partial charge on any atom is 0.132 e. The molecule has 2 rings (SSSR count). The molecule has 0 unspecified atom stereocenters. The Kier molecular flexibility index (Phi) is 4.91. The molecule has 19 heavy (non-hydrogen) atoms. The third-order valence-electron chi connectivity index (χ3n) is 2.76. The predicted molar refractivity (Wildman–Crippen MR) is 83.9 cm³/mol. The van der Waals surface area contributed by atoms with Crippen LogP contribution in [-0.2, 0) is 0 Å². The van der Waals surface area contributed by atoms with Crippen LogP contribution in [0, 0.1) is 0 Å². The van der Waals surface area contributed by atoms with Gasteiger partial charge in [0.15, 0.2) is 0 Å². The Hall–Kier alpha value is -0.970. The molecule has 1 atom stereocenters. The lowest BCUT2D eigenvalue weighted by molar-refractivity contribution is 0.405. The summed E-state index contributed by atoms with van der Waals surface area (Å²) >= 11 is 5.25. The van der Waals surface area contributed by atoms with Gasteiger partial charge in [-0.2, -0.15) is 0 Å². The lowest BCUT2D eigenvalue weighted by Gasteiger charge is -2.11. The van der Waals surface area contributed by atoms with Gasteiger partial charge in [-0.1, -0.05) is 45.9 Å². The second kappa shape index (κ2) is 6.46. The molecule has 4 heteroatoms. The van der Waals surface area contributed by atoms with E-state index in [0.717, 1.165) is 25.6 Å². The minimum Gasteiger partial charge on any atom is -0.496 e. The summed E-state index contributed by atoms with van der Waals surface area (Å²) in [5.41, 5.74) is 7.02. The molecule has 0 saturated heterocycles. The van der Waals surface area contributed by atoms with Gasteiger partial charge in [0.1, 0.15) is 5.75 Å². The highest BCUT2D eigenvalue weighted by molar-refractivity contribution is 9.10. The van der Waals surface area contributed by atoms with Gasteiger partial charge in [0, 0.05) is 15.4 Å². The quantitative estimate of drug-likeness (QED) is 0.883. The topological polar surface area (TPSA) is 35.2 Å². The molecule has 0 spiro atoms. The molecule has 0 aliphatic heterocycles. The normalized spacial score (nSPS) is 12.2. The smallest absolute Gasteiger partial charge is 0.132 e. The number of ether oxygens (including phenoxy) is 1. The number of methoxy groups -OCH3 is 1. The number of para-hydroxylation sites is 1. The Morgan fingerprint density at radius 3 is 2.58 bits per heavy atom. The van der Waals surface area contributed by atoms with Gasteiger partial charge in [0.05, 0.1) is 12.0 Å². The van der Waals surface area contributed by atoms with Crippen molar-refractivity contribution in [3.8, 4) is 5.75 Å². The summed E-state index contributed by atoms with van der Waals surface area (Å²) in [5.74, 6) is 0.889. The van der Waals surface area contributed by atoms with Crippen LogP contribution in [0.3, 0.4) is 0 Å². The maximum atomic E-state index is 5.91. The van der Waals surface area contributed by atoms with Crippen molar-refractivity contribution in [3.05, 3.63) is 52.5 Å². The molecule has 0 saturated carbocycles. The van der Waals surface area contributed by atoms with Crippen LogP contribution in [0.25, 0.3) is 0 Å². The monoisotopic (exact) mass is 337 g/mol. The first-order valence-corrected chi connectivity index (χ1v) is 7.58. The second-order valence-electron chi connectivity index (χ2n) is 4.22. The van der Waals surface area contributed by atoms with Crippen molar-refractivity contribution in [2.24, 2.45) is 5.73 Å². The van der Waals surface area contributed by atoms with Crippen molar-refractivity contribution in [1.29, 1.82) is 0 Å². The summed E-state index contributed by atoms with van der Waals surface area (Å²) in [6, 6.07) is 14.3. The highest BCUT2D eigenvalue weighted by Gasteiger charge is 2.08. The van der Waals surface area contributed by atoms with Crippen LogP contribution >= 0.6 is 27.7 Å². The third-order valence-corrected chi connectivity index (χ3v) is 4.49. The van der Waals surface area contributed by atoms with Crippen LogP contribution in [0.5, 0.6) is 5.75 Å². The molecule has 2 aromatic rings. The summed E-state index contributed by atoms with van der Waals surface area (Å²) in [5, 5.41) is 0. The Morgan fingerprint density at radius 2 is 1.95 bits per heavy atom. The Balaban J connectivity index is 2.26. The van der Waals surface area contributed by atoms with Gasteiger partial charge >= 0.3 is 0 Å². The molecule has 0 radical (unpaired) electrons. The van der Waals surface area contributed by atoms with Crippen LogP contribution in [0.15, 0.2) is 56.7 Å². The van der Waals surface area contributed by atoms with Crippen molar-refractivity contribution in [2.45, 2.75) is 22.8 Å². The van der Waals surface area contributed by atoms with Crippen LogP contribution in [-0.4, -0.2) is 7.11 Å². The van der Waals surface area contributed by atoms with E-state index in [9.17, 15) is 0 Å². The van der Waals surface area contributed by atoms with Crippen LogP contribution < -0.4 is 10.5 Å². The van der Waals surface area contributed by atoms with Gasteiger partial charge in [-0.25, -0.2) is 0 Å². The predicted octanol–water partition coefficient (Wildman–Crippen LogP) is 4.63. The molecule has 2 aromatic carbocycles. The van der Waals surface area contributed by atoms with E-state index in [1.807, 2.05) is 25.1 Å². The molecule has 0 heterocycles. The summed E-state index contributed by atoms with van der Waals surface area (Å²) in [7, 11) is 1.69. The number of halogens is 1. The molecule has 0 fully saturated rings. The number of benzene rings is 2. The summed E-state index contributed by atoms with van der Waals surface area (Å²) in [4.78, 5) is 2.26. The van der Waals surface area contributed by atoms with Crippen molar-refractivity contribution in [1.82, 2.24) is 0 Å². The molecule has 0 bridgehead atoms. The molecule has 0 aliphatic carbocycles. The zero-order chi connectivity index (χ0) is 13.8. The molecular weight excluding hydrogens is 322 g/mol. The zero-order valence-electron chi connectivity index (χ0n) is 10.9. The van der Waals surface area contributed by atoms with Gasteiger partial charge in [-0.3, -0.25) is 0 Å². The highest BCUT2D eigenvalue weighted by Crippen LogP contribution is 2.36. The van der Waals surface area contributed by atoms with Gasteiger partial charge < -0.3 is 10.5 Å². The van der Waals surface area contributed by atoms with E-state index in [1.165, 1.54) is 0 Å². The lowest BCUT2D eigenvalue weighted by Crippen LogP contribution is -2.05. The molecular formula is C15H16BrNOS. The first kappa shape index (κ1) is 14.4. The Morgan fingerprint density at radius 1 is 1.21 bits per heavy atom. The maximum absolute atomic E-state index is 5.91. The first-order chi connectivity index (χ1) is 9.11. The average Bonchev–Trinajstić information content (AvgIpc) is 2.39. The molecule has 2 nitrogen and oxygen atoms in total. The number of rotatable bonds is 4. The second-order valence-corrected chi connectivity index (χ2v) is 6.19. The van der Waals surface area contributed by atoms with Crippen LogP contribution in [0.4, 0.5) is 0 Å². The molecule has 0 aromatic heterocycles. The fourth-order valence-corrected chi connectivity index (χ4v) is 3.63. The van der Waals surface area contributed by atoms with E-state index in [4.69, 9.17) is 10.5 Å². The average molecular weight is 338 g/mol. The van der Waals surface area contributed by atoms with E-state index >= 15 is 0 Å². The Labute approximate surface area is 126 Å². The highest BCUT2D eigenvalue weighted by atomic mass is 79.9. The van der Waals surface area contributed by atoms with Crippen molar-refractivity contribution in [2.75, 3.05) is 7.11 Å². The fraction of sp³-hybridized carbons (Fsp3) is 0.200. The molecule has 0 amide bonds. The fourth-order valence-electron chi connectivity index (χ4n) is 1.77. The number of hydrogen-bond acceptors (Lipinski definition) is 3. The standard InChI is InChI=1S/C15H16BrNOS/c1-10(17)12-8-7-11(9-13(12)16)19-15-6-4-3-5-14(15)18-2/h3-10H,17H2,1-2H3/t10-/m1/s1. The minimum absolute atomic E-state index is 0.0275. The Bertz CT molecular complexity index is 572. The minimum atomic E-state index is 0.0275. The van der Waals surface area contributed by atoms with Crippen molar-refractivity contribution in [3.63, 3.8) is 0 Å². The summed E-state index contributed by atoms with van der Waals surface area (Å²) in [6.45, 7) is 1.98. The van der Waals surface area contributed by atoms with E-state index in [2.05, 4.69) is 40.2 Å². The third kappa shape index (κ3) is 3.53. The zero-order valence-corrected chi connectivity index (χ0v) is 13.3. The number of nitrogens with two attached hydrogens (primary N) is 1. The van der Waals surface area contributed by atoms with Gasteiger partial charge in [-0.05, 0) is 36.8 Å². The van der Waals surface area contributed by atoms with Gasteiger partial charge in [-0.15, -0.1) is 0 Å². The molecule has 100 valence electrons. The van der Waals surface area contributed by atoms with Gasteiger partial charge in [0.2, 0.25) is 0 Å². The van der Waals surface area contributed by atoms with E-state index in [-0.39, 0.29) is 6.04 Å². The van der Waals surface area contributed by atoms with Crippen LogP contribution in [0.1, 0.15) is 18.5 Å². The summed E-state index contributed by atoms with van der Waals surface area (Å²) in [6.07, 6.45) is 0. The van der Waals surface area contributed by atoms with E-state index in [1.54, 1.807) is 18.9 Å². The lowest BCUT2D eigenvalue weighted by atomic mass is 10.1. The van der Waals surface area contributed by atoms with E-state index < -0.39 is 0 Å². The van der Waals surface area contributed by atoms with Crippen molar-refractivity contribution < 1.29 is 4.74 Å². The SMILES string of the molecule is COc1ccccc1Sc1ccc([C@@H](C)N)c(Br)c1. The van der Waals surface area contributed by atoms with Gasteiger partial charge in [0.25, 0.3) is 0 Å². The van der Waals surface area contributed by atoms with E-state index in [0.29, 0.717) is 0 Å². The molecule has 0 aliphatic rings. The molecule has 2 N–H and O–H groups in total. The first-order valence-electron chi connectivity index (χ1n) is 5.97. The number of hydrogen-bond donors (Lipinski definition) is 1. The van der Waals surface area contributed by atoms with Crippen molar-refractivity contribution >= 4 is 27.7 Å².